The summed E-state index contributed by atoms with van der Waals surface area (Å²) in [6, 6.07) is 4.25. The molecule has 0 radical (unpaired) electrons. The second-order valence-corrected chi connectivity index (χ2v) is 6.40. The smallest absolute Gasteiger partial charge is 0.353 e. The third kappa shape index (κ3) is 4.40. The Bertz CT molecular complexity index is 523. The Morgan fingerprint density at radius 3 is 2.50 bits per heavy atom. The zero-order valence-corrected chi connectivity index (χ0v) is 13.7. The Kier molecular flexibility index (Phi) is 5.45. The summed E-state index contributed by atoms with van der Waals surface area (Å²) in [4.78, 5) is 12.0. The van der Waals surface area contributed by atoms with Gasteiger partial charge in [0.05, 0.1) is 0 Å². The monoisotopic (exact) mass is 343 g/mol. The van der Waals surface area contributed by atoms with Gasteiger partial charge in [0.25, 0.3) is 0 Å². The molecule has 0 bridgehead atoms. The van der Waals surface area contributed by atoms with Crippen LogP contribution in [0.4, 0.5) is 4.39 Å². The number of rotatable bonds is 4. The standard InChI is InChI=1S/C15H19BrFNO2/c1-5-10(11-7-6-9(17)8-12(11)16)13(18)14(19)20-15(2,3)4/h6-8,10,18H,5H2,1-4H3. The fourth-order valence-electron chi connectivity index (χ4n) is 1.84. The molecule has 0 amide bonds. The van der Waals surface area contributed by atoms with Crippen molar-refractivity contribution >= 4 is 27.6 Å². The van der Waals surface area contributed by atoms with Crippen LogP contribution in [-0.4, -0.2) is 17.3 Å². The first-order chi connectivity index (χ1) is 9.15. The van der Waals surface area contributed by atoms with E-state index in [4.69, 9.17) is 10.1 Å². The van der Waals surface area contributed by atoms with E-state index in [0.29, 0.717) is 16.5 Å². The summed E-state index contributed by atoms with van der Waals surface area (Å²) in [5.41, 5.74) is -0.0404. The normalized spacial score (nSPS) is 12.9. The summed E-state index contributed by atoms with van der Waals surface area (Å²) in [5.74, 6) is -1.42. The van der Waals surface area contributed by atoms with Crippen LogP contribution in [-0.2, 0) is 9.53 Å². The molecule has 0 aromatic heterocycles. The molecule has 0 aliphatic carbocycles. The average Bonchev–Trinajstić information content (AvgIpc) is 2.30. The molecule has 0 aliphatic heterocycles. The highest BCUT2D eigenvalue weighted by atomic mass is 79.9. The van der Waals surface area contributed by atoms with E-state index in [0.717, 1.165) is 0 Å². The van der Waals surface area contributed by atoms with Gasteiger partial charge in [0.2, 0.25) is 0 Å². The summed E-state index contributed by atoms with van der Waals surface area (Å²) in [6.07, 6.45) is 0.558. The highest BCUT2D eigenvalue weighted by Crippen LogP contribution is 2.29. The Balaban J connectivity index is 3.01. The molecule has 0 fully saturated rings. The fraction of sp³-hybridized carbons (Fsp3) is 0.467. The van der Waals surface area contributed by atoms with Crippen molar-refractivity contribution < 1.29 is 13.9 Å². The molecule has 0 spiro atoms. The van der Waals surface area contributed by atoms with Crippen molar-refractivity contribution in [2.45, 2.75) is 45.6 Å². The molecule has 0 saturated carbocycles. The molecule has 3 nitrogen and oxygen atoms in total. The molecule has 1 atom stereocenters. The average molecular weight is 344 g/mol. The lowest BCUT2D eigenvalue weighted by Crippen LogP contribution is -2.31. The minimum Gasteiger partial charge on any atom is -0.455 e. The molecular formula is C15H19BrFNO2. The molecule has 20 heavy (non-hydrogen) atoms. The molecular weight excluding hydrogens is 325 g/mol. The van der Waals surface area contributed by atoms with Crippen LogP contribution in [0.25, 0.3) is 0 Å². The number of halogens is 2. The minimum atomic E-state index is -0.638. The van der Waals surface area contributed by atoms with Gasteiger partial charge in [0.15, 0.2) is 0 Å². The second-order valence-electron chi connectivity index (χ2n) is 5.54. The van der Waals surface area contributed by atoms with Crippen LogP contribution in [0.1, 0.15) is 45.6 Å². The Labute approximate surface area is 127 Å². The predicted octanol–water partition coefficient (Wildman–Crippen LogP) is 4.44. The number of nitrogens with one attached hydrogen (secondary N) is 1. The molecule has 1 unspecified atom stereocenters. The van der Waals surface area contributed by atoms with Crippen LogP contribution in [0.5, 0.6) is 0 Å². The van der Waals surface area contributed by atoms with E-state index in [1.54, 1.807) is 26.8 Å². The number of benzene rings is 1. The third-order valence-corrected chi connectivity index (χ3v) is 3.40. The fourth-order valence-corrected chi connectivity index (χ4v) is 2.47. The zero-order valence-electron chi connectivity index (χ0n) is 12.1. The van der Waals surface area contributed by atoms with Gasteiger partial charge in [-0.2, -0.15) is 0 Å². The van der Waals surface area contributed by atoms with E-state index >= 15 is 0 Å². The van der Waals surface area contributed by atoms with Crippen molar-refractivity contribution in [1.82, 2.24) is 0 Å². The van der Waals surface area contributed by atoms with Gasteiger partial charge in [-0.1, -0.05) is 28.9 Å². The van der Waals surface area contributed by atoms with E-state index in [2.05, 4.69) is 15.9 Å². The number of hydrogen-bond donors (Lipinski definition) is 1. The van der Waals surface area contributed by atoms with Gasteiger partial charge in [-0.25, -0.2) is 9.18 Å². The number of ether oxygens (including phenoxy) is 1. The summed E-state index contributed by atoms with van der Waals surface area (Å²) < 4.78 is 18.9. The van der Waals surface area contributed by atoms with E-state index in [1.807, 2.05) is 6.92 Å². The number of carbonyl (C=O) groups excluding carboxylic acids is 1. The maximum Gasteiger partial charge on any atom is 0.353 e. The summed E-state index contributed by atoms with van der Waals surface area (Å²) in [6.45, 7) is 7.15. The quantitative estimate of drug-likeness (QED) is 0.648. The van der Waals surface area contributed by atoms with Gasteiger partial charge in [0.1, 0.15) is 17.1 Å². The lowest BCUT2D eigenvalue weighted by atomic mass is 9.91. The van der Waals surface area contributed by atoms with Crippen molar-refractivity contribution in [3.63, 3.8) is 0 Å². The first-order valence-electron chi connectivity index (χ1n) is 6.42. The Hall–Kier alpha value is -1.23. The van der Waals surface area contributed by atoms with E-state index < -0.39 is 17.5 Å². The van der Waals surface area contributed by atoms with Crippen molar-refractivity contribution in [2.75, 3.05) is 0 Å². The van der Waals surface area contributed by atoms with E-state index in [9.17, 15) is 9.18 Å². The summed E-state index contributed by atoms with van der Waals surface area (Å²) >= 11 is 3.28. The van der Waals surface area contributed by atoms with Gasteiger partial charge >= 0.3 is 5.97 Å². The summed E-state index contributed by atoms with van der Waals surface area (Å²) in [5, 5.41) is 8.03. The van der Waals surface area contributed by atoms with Crippen LogP contribution >= 0.6 is 15.9 Å². The molecule has 0 heterocycles. The van der Waals surface area contributed by atoms with Gasteiger partial charge in [0, 0.05) is 10.4 Å². The Morgan fingerprint density at radius 2 is 2.05 bits per heavy atom. The van der Waals surface area contributed by atoms with Crippen LogP contribution < -0.4 is 0 Å². The van der Waals surface area contributed by atoms with Gasteiger partial charge in [-0.15, -0.1) is 0 Å². The zero-order chi connectivity index (χ0) is 15.5. The number of carbonyl (C=O) groups is 1. The minimum absolute atomic E-state index is 0.116. The van der Waals surface area contributed by atoms with E-state index in [1.165, 1.54) is 12.1 Å². The molecule has 110 valence electrons. The highest BCUT2D eigenvalue weighted by Gasteiger charge is 2.27. The van der Waals surface area contributed by atoms with Crippen LogP contribution in [0.2, 0.25) is 0 Å². The van der Waals surface area contributed by atoms with E-state index in [-0.39, 0.29) is 11.5 Å². The number of esters is 1. The molecule has 1 N–H and O–H groups in total. The largest absolute Gasteiger partial charge is 0.455 e. The van der Waals surface area contributed by atoms with Crippen molar-refractivity contribution in [2.24, 2.45) is 0 Å². The highest BCUT2D eigenvalue weighted by molar-refractivity contribution is 9.10. The van der Waals surface area contributed by atoms with Crippen molar-refractivity contribution in [3.05, 3.63) is 34.1 Å². The Morgan fingerprint density at radius 1 is 1.45 bits per heavy atom. The van der Waals surface area contributed by atoms with Crippen molar-refractivity contribution in [3.8, 4) is 0 Å². The van der Waals surface area contributed by atoms with Crippen LogP contribution in [0.3, 0.4) is 0 Å². The van der Waals surface area contributed by atoms with Crippen molar-refractivity contribution in [1.29, 1.82) is 5.41 Å². The molecule has 1 rings (SSSR count). The maximum atomic E-state index is 13.1. The van der Waals surface area contributed by atoms with Crippen LogP contribution in [0.15, 0.2) is 22.7 Å². The lowest BCUT2D eigenvalue weighted by Gasteiger charge is -2.23. The van der Waals surface area contributed by atoms with Gasteiger partial charge in [-0.05, 0) is 44.9 Å². The maximum absolute atomic E-state index is 13.1. The predicted molar refractivity (Wildman–Crippen MR) is 80.7 cm³/mol. The van der Waals surface area contributed by atoms with Crippen LogP contribution in [0, 0.1) is 11.2 Å². The summed E-state index contributed by atoms with van der Waals surface area (Å²) in [7, 11) is 0. The molecule has 0 aliphatic rings. The number of hydrogen-bond acceptors (Lipinski definition) is 3. The lowest BCUT2D eigenvalue weighted by molar-refractivity contribution is -0.146. The second kappa shape index (κ2) is 6.48. The molecule has 1 aromatic rings. The first kappa shape index (κ1) is 16.8. The topological polar surface area (TPSA) is 50.2 Å². The van der Waals surface area contributed by atoms with Gasteiger partial charge in [-0.3, -0.25) is 5.41 Å². The first-order valence-corrected chi connectivity index (χ1v) is 7.21. The van der Waals surface area contributed by atoms with Gasteiger partial charge < -0.3 is 4.74 Å². The molecule has 1 aromatic carbocycles. The third-order valence-electron chi connectivity index (χ3n) is 2.71. The molecule has 5 heteroatoms. The molecule has 0 saturated heterocycles. The SMILES string of the molecule is CCC(C(=N)C(=O)OC(C)(C)C)c1ccc(F)cc1Br.